The number of rotatable bonds is 3. The Morgan fingerprint density at radius 3 is 2.23 bits per heavy atom. The van der Waals surface area contributed by atoms with E-state index in [-0.39, 0.29) is 18.0 Å². The number of carbonyl (C=O) groups is 1. The lowest BCUT2D eigenvalue weighted by molar-refractivity contribution is 0.0950. The highest BCUT2D eigenvalue weighted by molar-refractivity contribution is 7.80. The topological polar surface area (TPSA) is 62.0 Å². The molecule has 0 unspecified atom stereocenters. The summed E-state index contributed by atoms with van der Waals surface area (Å²) < 4.78 is 0. The Bertz CT molecular complexity index is 801. The minimum Gasteiger partial charge on any atom is -0.348 e. The summed E-state index contributed by atoms with van der Waals surface area (Å²) in [6, 6.07) is 5.16. The van der Waals surface area contributed by atoms with Crippen molar-refractivity contribution in [3.8, 4) is 0 Å². The predicted molar refractivity (Wildman–Crippen MR) is 114 cm³/mol. The van der Waals surface area contributed by atoms with Gasteiger partial charge in [0.1, 0.15) is 0 Å². The zero-order valence-electron chi connectivity index (χ0n) is 16.6. The first-order valence-electron chi connectivity index (χ1n) is 8.76. The van der Waals surface area contributed by atoms with Gasteiger partial charge < -0.3 is 10.3 Å². The van der Waals surface area contributed by atoms with Gasteiger partial charge in [-0.1, -0.05) is 39.3 Å². The van der Waals surface area contributed by atoms with Gasteiger partial charge in [0.2, 0.25) is 0 Å². The van der Waals surface area contributed by atoms with Crippen LogP contribution in [-0.2, 0) is 6.54 Å². The molecule has 2 rings (SSSR count). The Morgan fingerprint density at radius 1 is 1.12 bits per heavy atom. The number of hydrogen-bond acceptors (Lipinski definition) is 3. The zero-order chi connectivity index (χ0) is 20.4. The second kappa shape index (κ2) is 11.8. The van der Waals surface area contributed by atoms with Gasteiger partial charge in [-0.3, -0.25) is 9.59 Å². The number of aromatic amines is 1. The first-order valence-corrected chi connectivity index (χ1v) is 9.59. The molecule has 0 atom stereocenters. The number of nitrogens with one attached hydrogen (secondary N) is 2. The van der Waals surface area contributed by atoms with Crippen LogP contribution in [0, 0.1) is 20.8 Å². The lowest BCUT2D eigenvalue weighted by atomic mass is 10.1. The quantitative estimate of drug-likeness (QED) is 0.622. The molecule has 0 saturated carbocycles. The fourth-order valence-corrected chi connectivity index (χ4v) is 2.82. The summed E-state index contributed by atoms with van der Waals surface area (Å²) in [6.45, 7) is 13.6. The normalized spacial score (nSPS) is 9.42. The van der Waals surface area contributed by atoms with Gasteiger partial charge in [-0.2, -0.15) is 0 Å². The largest absolute Gasteiger partial charge is 0.348 e. The molecule has 1 aromatic heterocycles. The number of pyridine rings is 1. The Morgan fingerprint density at radius 2 is 1.69 bits per heavy atom. The molecule has 2 aromatic rings. The fourth-order valence-electron chi connectivity index (χ4n) is 2.27. The number of amides is 1. The summed E-state index contributed by atoms with van der Waals surface area (Å²) in [5.74, 6) is -0.283. The lowest BCUT2D eigenvalue weighted by Gasteiger charge is -2.11. The van der Waals surface area contributed by atoms with E-state index in [1.807, 2.05) is 47.6 Å². The maximum Gasteiger partial charge on any atom is 0.253 e. The van der Waals surface area contributed by atoms with Crippen LogP contribution in [0.15, 0.2) is 27.9 Å². The smallest absolute Gasteiger partial charge is 0.253 e. The van der Waals surface area contributed by atoms with Gasteiger partial charge in [-0.25, -0.2) is 0 Å². The minimum absolute atomic E-state index is 0.161. The molecule has 0 radical (unpaired) electrons. The van der Waals surface area contributed by atoms with Crippen LogP contribution in [0.1, 0.15) is 60.4 Å². The van der Waals surface area contributed by atoms with Crippen LogP contribution in [0.25, 0.3) is 0 Å². The second-order valence-electron chi connectivity index (χ2n) is 5.22. The third kappa shape index (κ3) is 6.54. The van der Waals surface area contributed by atoms with Crippen LogP contribution < -0.4 is 10.9 Å². The Balaban J connectivity index is 0.00000146. The van der Waals surface area contributed by atoms with Crippen LogP contribution in [-0.4, -0.2) is 10.9 Å². The summed E-state index contributed by atoms with van der Waals surface area (Å²) in [6.07, 6.45) is 0. The average Bonchev–Trinajstić information content (AvgIpc) is 2.60. The highest BCUT2D eigenvalue weighted by Crippen LogP contribution is 2.23. The van der Waals surface area contributed by atoms with Gasteiger partial charge in [-0.15, -0.1) is 12.6 Å². The SMILES string of the molecule is CC.CC.Cc1cc(C)c(CNC(=O)c2cc(Cl)cc(S)c2C)c(=O)[nH]1. The molecule has 6 heteroatoms. The molecule has 0 aliphatic carbocycles. The highest BCUT2D eigenvalue weighted by Gasteiger charge is 2.13. The van der Waals surface area contributed by atoms with Crippen LogP contribution in [0.2, 0.25) is 5.02 Å². The molecule has 0 saturated heterocycles. The molecular weight excluding hydrogens is 368 g/mol. The average molecular weight is 397 g/mol. The van der Waals surface area contributed by atoms with Gasteiger partial charge in [0.25, 0.3) is 11.5 Å². The van der Waals surface area contributed by atoms with Crippen molar-refractivity contribution in [2.75, 3.05) is 0 Å². The number of hydrogen-bond donors (Lipinski definition) is 3. The number of aromatic nitrogens is 1. The molecular formula is C20H29ClN2O2S. The molecule has 2 N–H and O–H groups in total. The molecule has 0 spiro atoms. The van der Waals surface area contributed by atoms with Crippen molar-refractivity contribution in [3.63, 3.8) is 0 Å². The van der Waals surface area contributed by atoms with Crippen LogP contribution >= 0.6 is 24.2 Å². The zero-order valence-corrected chi connectivity index (χ0v) is 18.2. The second-order valence-corrected chi connectivity index (χ2v) is 6.14. The van der Waals surface area contributed by atoms with Gasteiger partial charge >= 0.3 is 0 Å². The van der Waals surface area contributed by atoms with E-state index in [2.05, 4.69) is 22.9 Å². The molecule has 1 heterocycles. The lowest BCUT2D eigenvalue weighted by Crippen LogP contribution is -2.28. The summed E-state index contributed by atoms with van der Waals surface area (Å²) in [5.41, 5.74) is 3.21. The van der Waals surface area contributed by atoms with Gasteiger partial charge in [0.15, 0.2) is 0 Å². The van der Waals surface area contributed by atoms with Crippen molar-refractivity contribution in [3.05, 3.63) is 61.5 Å². The van der Waals surface area contributed by atoms with Gasteiger partial charge in [-0.05, 0) is 50.1 Å². The van der Waals surface area contributed by atoms with E-state index >= 15 is 0 Å². The van der Waals surface area contributed by atoms with E-state index in [1.54, 1.807) is 19.1 Å². The maximum atomic E-state index is 12.3. The summed E-state index contributed by atoms with van der Waals surface area (Å²) in [7, 11) is 0. The van der Waals surface area contributed by atoms with E-state index in [4.69, 9.17) is 11.6 Å². The standard InChI is InChI=1S/C16H17ClN2O2S.2C2H6/c1-8-4-9(2)19-16(21)13(8)7-18-15(20)12-5-11(17)6-14(22)10(12)3;2*1-2/h4-6,22H,7H2,1-3H3,(H,18,20)(H,19,21);2*1-2H3. The molecule has 0 aliphatic heterocycles. The maximum absolute atomic E-state index is 12.3. The van der Waals surface area contributed by atoms with Crippen molar-refractivity contribution in [1.29, 1.82) is 0 Å². The monoisotopic (exact) mass is 396 g/mol. The number of carbonyl (C=O) groups excluding carboxylic acids is 1. The number of H-pyrrole nitrogens is 1. The number of halogens is 1. The number of benzene rings is 1. The van der Waals surface area contributed by atoms with E-state index in [1.165, 1.54) is 0 Å². The molecule has 144 valence electrons. The van der Waals surface area contributed by atoms with Crippen molar-refractivity contribution in [2.24, 2.45) is 0 Å². The first kappa shape index (κ1) is 24.3. The summed E-state index contributed by atoms with van der Waals surface area (Å²) in [5, 5.41) is 3.21. The van der Waals surface area contributed by atoms with Gasteiger partial charge in [0.05, 0.1) is 0 Å². The molecule has 0 bridgehead atoms. The molecule has 26 heavy (non-hydrogen) atoms. The van der Waals surface area contributed by atoms with E-state index in [0.29, 0.717) is 21.0 Å². The molecule has 0 fully saturated rings. The molecule has 1 aromatic carbocycles. The third-order valence-corrected chi connectivity index (χ3v) is 4.19. The number of aryl methyl sites for hydroxylation is 2. The van der Waals surface area contributed by atoms with Crippen molar-refractivity contribution < 1.29 is 4.79 Å². The summed E-state index contributed by atoms with van der Waals surface area (Å²) in [4.78, 5) is 27.6. The fraction of sp³-hybridized carbons (Fsp3) is 0.400. The Kier molecular flexibility index (Phi) is 11.0. The van der Waals surface area contributed by atoms with Crippen molar-refractivity contribution >= 4 is 30.1 Å². The minimum atomic E-state index is -0.283. The predicted octanol–water partition coefficient (Wildman–Crippen LogP) is 5.22. The molecule has 1 amide bonds. The highest BCUT2D eigenvalue weighted by atomic mass is 35.5. The Labute approximate surface area is 166 Å². The van der Waals surface area contributed by atoms with Crippen LogP contribution in [0.5, 0.6) is 0 Å². The van der Waals surface area contributed by atoms with Crippen molar-refractivity contribution in [1.82, 2.24) is 10.3 Å². The third-order valence-electron chi connectivity index (χ3n) is 3.51. The van der Waals surface area contributed by atoms with E-state index < -0.39 is 0 Å². The first-order chi connectivity index (χ1) is 12.3. The van der Waals surface area contributed by atoms with E-state index in [0.717, 1.165) is 16.8 Å². The van der Waals surface area contributed by atoms with Gasteiger partial charge in [0, 0.05) is 33.3 Å². The summed E-state index contributed by atoms with van der Waals surface area (Å²) >= 11 is 10.3. The number of thiol groups is 1. The van der Waals surface area contributed by atoms with E-state index in [9.17, 15) is 9.59 Å². The Hall–Kier alpha value is -1.72. The molecule has 0 aliphatic rings. The van der Waals surface area contributed by atoms with Crippen LogP contribution in [0.4, 0.5) is 0 Å². The van der Waals surface area contributed by atoms with Crippen LogP contribution in [0.3, 0.4) is 0 Å². The molecule has 4 nitrogen and oxygen atoms in total. The van der Waals surface area contributed by atoms with Crippen molar-refractivity contribution in [2.45, 2.75) is 59.9 Å².